The van der Waals surface area contributed by atoms with Crippen molar-refractivity contribution >= 4 is 17.2 Å². The van der Waals surface area contributed by atoms with Gasteiger partial charge in [-0.1, -0.05) is 0 Å². The molecule has 11 heavy (non-hydrogen) atoms. The maximum atomic E-state index is 11.4. The van der Waals surface area contributed by atoms with Gasteiger partial charge in [0.1, 0.15) is 0 Å². The largest absolute Gasteiger partial charge is 0.336 e. The van der Waals surface area contributed by atoms with Gasteiger partial charge in [-0.25, -0.2) is 0 Å². The third kappa shape index (κ3) is 0.807. The molecule has 0 atom stereocenters. The fourth-order valence-corrected chi connectivity index (χ4v) is 2.45. The summed E-state index contributed by atoms with van der Waals surface area (Å²) >= 11 is 1.68. The molecule has 0 N–H and O–H groups in total. The van der Waals surface area contributed by atoms with Crippen molar-refractivity contribution in [2.45, 2.75) is 13.5 Å². The molecule has 0 radical (unpaired) electrons. The molecule has 0 spiro atoms. The van der Waals surface area contributed by atoms with E-state index in [1.165, 1.54) is 4.88 Å². The normalized spacial score (nSPS) is 15.8. The molecule has 3 heteroatoms. The highest BCUT2D eigenvalue weighted by molar-refractivity contribution is 7.10. The first-order chi connectivity index (χ1) is 5.20. The van der Waals surface area contributed by atoms with Crippen molar-refractivity contribution < 1.29 is 4.79 Å². The Morgan fingerprint density at radius 3 is 3.00 bits per heavy atom. The molecule has 2 nitrogen and oxygen atoms in total. The summed E-state index contributed by atoms with van der Waals surface area (Å²) in [5, 5.41) is 2.05. The Balaban J connectivity index is 2.58. The Bertz CT molecular complexity index is 316. The number of carbonyl (C=O) groups is 1. The fraction of sp³-hybridized carbons (Fsp3) is 0.375. The number of nitrogens with zero attached hydrogens (tertiary/aromatic N) is 1. The molecule has 1 aliphatic rings. The van der Waals surface area contributed by atoms with E-state index < -0.39 is 0 Å². The van der Waals surface area contributed by atoms with Crippen LogP contribution in [0.1, 0.15) is 20.8 Å². The Morgan fingerprint density at radius 1 is 1.64 bits per heavy atom. The van der Waals surface area contributed by atoms with Crippen LogP contribution in [0.4, 0.5) is 0 Å². The topological polar surface area (TPSA) is 20.3 Å². The number of thiophene rings is 1. The van der Waals surface area contributed by atoms with E-state index in [4.69, 9.17) is 0 Å². The average Bonchev–Trinajstić information content (AvgIpc) is 2.41. The van der Waals surface area contributed by atoms with Crippen LogP contribution in [0.2, 0.25) is 0 Å². The molecule has 1 aromatic rings. The second-order valence-electron chi connectivity index (χ2n) is 2.88. The number of amides is 1. The van der Waals surface area contributed by atoms with E-state index in [0.29, 0.717) is 0 Å². The third-order valence-corrected chi connectivity index (χ3v) is 3.08. The first-order valence-corrected chi connectivity index (χ1v) is 4.40. The number of rotatable bonds is 0. The Morgan fingerprint density at radius 2 is 2.36 bits per heavy atom. The zero-order valence-corrected chi connectivity index (χ0v) is 7.36. The summed E-state index contributed by atoms with van der Waals surface area (Å²) in [6, 6.07) is 0. The summed E-state index contributed by atoms with van der Waals surface area (Å²) in [5.41, 5.74) is 2.07. The summed E-state index contributed by atoms with van der Waals surface area (Å²) in [6.45, 7) is 2.79. The lowest BCUT2D eigenvalue weighted by molar-refractivity contribution is 0.0816. The van der Waals surface area contributed by atoms with Gasteiger partial charge in [-0.05, 0) is 17.9 Å². The van der Waals surface area contributed by atoms with E-state index in [2.05, 4.69) is 5.38 Å². The maximum Gasteiger partial charge on any atom is 0.255 e. The van der Waals surface area contributed by atoms with Crippen LogP contribution in [0.15, 0.2) is 5.38 Å². The van der Waals surface area contributed by atoms with Gasteiger partial charge in [0.25, 0.3) is 5.91 Å². The van der Waals surface area contributed by atoms with Crippen LogP contribution in [0.25, 0.3) is 0 Å². The number of aryl methyl sites for hydroxylation is 1. The van der Waals surface area contributed by atoms with E-state index in [1.54, 1.807) is 16.2 Å². The molecule has 0 unspecified atom stereocenters. The quantitative estimate of drug-likeness (QED) is 0.575. The van der Waals surface area contributed by atoms with E-state index in [-0.39, 0.29) is 5.91 Å². The minimum atomic E-state index is 0.179. The first kappa shape index (κ1) is 6.85. The van der Waals surface area contributed by atoms with Crippen LogP contribution < -0.4 is 0 Å². The lowest BCUT2D eigenvalue weighted by Crippen LogP contribution is -2.18. The predicted octanol–water partition coefficient (Wildman–Crippen LogP) is 1.64. The van der Waals surface area contributed by atoms with Gasteiger partial charge in [-0.15, -0.1) is 11.3 Å². The van der Waals surface area contributed by atoms with Gasteiger partial charge in [-0.2, -0.15) is 0 Å². The van der Waals surface area contributed by atoms with E-state index >= 15 is 0 Å². The molecule has 58 valence electrons. The van der Waals surface area contributed by atoms with Gasteiger partial charge in [0.15, 0.2) is 0 Å². The van der Waals surface area contributed by atoms with E-state index in [0.717, 1.165) is 17.7 Å². The van der Waals surface area contributed by atoms with Gasteiger partial charge in [-0.3, -0.25) is 4.79 Å². The van der Waals surface area contributed by atoms with Crippen molar-refractivity contribution in [3.63, 3.8) is 0 Å². The molecule has 0 saturated carbocycles. The zero-order valence-electron chi connectivity index (χ0n) is 6.55. The van der Waals surface area contributed by atoms with Crippen LogP contribution in [-0.4, -0.2) is 17.9 Å². The van der Waals surface area contributed by atoms with Crippen LogP contribution in [0.3, 0.4) is 0 Å². The molecule has 2 rings (SSSR count). The van der Waals surface area contributed by atoms with Crippen LogP contribution >= 0.6 is 11.3 Å². The predicted molar refractivity (Wildman–Crippen MR) is 44.9 cm³/mol. The van der Waals surface area contributed by atoms with Gasteiger partial charge in [0, 0.05) is 11.9 Å². The van der Waals surface area contributed by atoms with Crippen molar-refractivity contribution in [2.75, 3.05) is 7.05 Å². The zero-order chi connectivity index (χ0) is 8.01. The highest BCUT2D eigenvalue weighted by Gasteiger charge is 2.27. The van der Waals surface area contributed by atoms with Crippen LogP contribution in [0.5, 0.6) is 0 Å². The molecule has 0 aliphatic carbocycles. The Labute approximate surface area is 69.4 Å². The van der Waals surface area contributed by atoms with Crippen molar-refractivity contribution in [2.24, 2.45) is 0 Å². The van der Waals surface area contributed by atoms with Crippen molar-refractivity contribution in [1.82, 2.24) is 4.90 Å². The molecular weight excluding hydrogens is 158 g/mol. The van der Waals surface area contributed by atoms with Gasteiger partial charge < -0.3 is 4.90 Å². The lowest BCUT2D eigenvalue weighted by atomic mass is 10.2. The molecular formula is C8H9NOS. The van der Waals surface area contributed by atoms with Crippen molar-refractivity contribution in [3.8, 4) is 0 Å². The summed E-state index contributed by atoms with van der Waals surface area (Å²) in [5.74, 6) is 0.179. The van der Waals surface area contributed by atoms with Gasteiger partial charge in [0.05, 0.1) is 12.1 Å². The minimum Gasteiger partial charge on any atom is -0.336 e. The second kappa shape index (κ2) is 2.08. The molecule has 0 bridgehead atoms. The van der Waals surface area contributed by atoms with Crippen LogP contribution in [0, 0.1) is 6.92 Å². The molecule has 1 aliphatic heterocycles. The van der Waals surface area contributed by atoms with Crippen molar-refractivity contribution in [1.29, 1.82) is 0 Å². The highest BCUT2D eigenvalue weighted by Crippen LogP contribution is 2.29. The summed E-state index contributed by atoms with van der Waals surface area (Å²) in [4.78, 5) is 14.4. The SMILES string of the molecule is Cc1csc2c1C(=O)N(C)C2. The minimum absolute atomic E-state index is 0.179. The van der Waals surface area contributed by atoms with Crippen LogP contribution in [-0.2, 0) is 6.54 Å². The maximum absolute atomic E-state index is 11.4. The molecule has 0 saturated heterocycles. The smallest absolute Gasteiger partial charge is 0.255 e. The van der Waals surface area contributed by atoms with Gasteiger partial charge >= 0.3 is 0 Å². The summed E-state index contributed by atoms with van der Waals surface area (Å²) in [6.07, 6.45) is 0. The number of hydrogen-bond acceptors (Lipinski definition) is 2. The fourth-order valence-electron chi connectivity index (χ4n) is 1.38. The molecule has 2 heterocycles. The van der Waals surface area contributed by atoms with E-state index in [9.17, 15) is 4.79 Å². The lowest BCUT2D eigenvalue weighted by Gasteiger charge is -2.05. The molecule has 1 aromatic heterocycles. The summed E-state index contributed by atoms with van der Waals surface area (Å²) in [7, 11) is 1.84. The average molecular weight is 167 g/mol. The summed E-state index contributed by atoms with van der Waals surface area (Å²) < 4.78 is 0. The monoisotopic (exact) mass is 167 g/mol. The molecule has 0 aromatic carbocycles. The standard InChI is InChI=1S/C8H9NOS/c1-5-4-11-6-3-9(2)8(10)7(5)6/h4H,3H2,1-2H3. The first-order valence-electron chi connectivity index (χ1n) is 3.52. The molecule has 0 fully saturated rings. The third-order valence-electron chi connectivity index (χ3n) is 1.99. The van der Waals surface area contributed by atoms with E-state index in [1.807, 2.05) is 14.0 Å². The highest BCUT2D eigenvalue weighted by atomic mass is 32.1. The van der Waals surface area contributed by atoms with Gasteiger partial charge in [0.2, 0.25) is 0 Å². The number of hydrogen-bond donors (Lipinski definition) is 0. The van der Waals surface area contributed by atoms with Crippen molar-refractivity contribution in [3.05, 3.63) is 21.4 Å². The second-order valence-corrected chi connectivity index (χ2v) is 3.84. The number of fused-ring (bicyclic) bond motifs is 1. The molecule has 1 amide bonds. The Kier molecular flexibility index (Phi) is 1.29. The Hall–Kier alpha value is -0.830. The number of carbonyl (C=O) groups excluding carboxylic acids is 1.